The quantitative estimate of drug-likeness (QED) is 0.676. The summed E-state index contributed by atoms with van der Waals surface area (Å²) in [5, 5.41) is 22.0. The van der Waals surface area contributed by atoms with Crippen molar-refractivity contribution >= 4 is 0 Å². The third kappa shape index (κ3) is 1.13. The summed E-state index contributed by atoms with van der Waals surface area (Å²) < 4.78 is 0. The first-order chi connectivity index (χ1) is 7.65. The van der Waals surface area contributed by atoms with Gasteiger partial charge in [0.2, 0.25) is 0 Å². The summed E-state index contributed by atoms with van der Waals surface area (Å²) in [5.74, 6) is 0. The van der Waals surface area contributed by atoms with Crippen LogP contribution in [0.2, 0.25) is 0 Å². The molecule has 0 aromatic carbocycles. The number of allylic oxidation sites excluding steroid dienone is 1. The topological polar surface area (TPSA) is 40.5 Å². The van der Waals surface area contributed by atoms with Crippen molar-refractivity contribution in [2.24, 2.45) is 10.8 Å². The van der Waals surface area contributed by atoms with E-state index in [4.69, 9.17) is 0 Å². The Bertz CT molecular complexity index is 450. The van der Waals surface area contributed by atoms with Crippen molar-refractivity contribution in [1.82, 2.24) is 0 Å². The fourth-order valence-electron chi connectivity index (χ4n) is 4.12. The molecule has 2 N–H and O–H groups in total. The van der Waals surface area contributed by atoms with Gasteiger partial charge in [0.25, 0.3) is 0 Å². The first-order valence-electron chi connectivity index (χ1n) is 6.52. The monoisotopic (exact) mass is 234 g/mol. The van der Waals surface area contributed by atoms with Gasteiger partial charge in [-0.1, -0.05) is 31.6 Å². The molecule has 3 aliphatic carbocycles. The summed E-state index contributed by atoms with van der Waals surface area (Å²) in [7, 11) is 0. The lowest BCUT2D eigenvalue weighted by Gasteiger charge is -2.50. The Morgan fingerprint density at radius 2 is 1.71 bits per heavy atom. The summed E-state index contributed by atoms with van der Waals surface area (Å²) in [5.41, 5.74) is -0.144. The Morgan fingerprint density at radius 1 is 1.12 bits per heavy atom. The van der Waals surface area contributed by atoms with Crippen molar-refractivity contribution in [3.8, 4) is 0 Å². The van der Waals surface area contributed by atoms with Crippen LogP contribution >= 0.6 is 0 Å². The molecule has 0 aliphatic heterocycles. The van der Waals surface area contributed by atoms with Crippen molar-refractivity contribution in [2.75, 3.05) is 0 Å². The van der Waals surface area contributed by atoms with E-state index >= 15 is 0 Å². The zero-order valence-electron chi connectivity index (χ0n) is 11.2. The molecule has 0 aromatic heterocycles. The van der Waals surface area contributed by atoms with Crippen LogP contribution in [-0.2, 0) is 0 Å². The zero-order valence-corrected chi connectivity index (χ0v) is 11.2. The van der Waals surface area contributed by atoms with E-state index in [2.05, 4.69) is 32.9 Å². The average molecular weight is 234 g/mol. The minimum absolute atomic E-state index is 0.0364. The van der Waals surface area contributed by atoms with E-state index in [1.54, 1.807) is 0 Å². The molecule has 94 valence electrons. The fraction of sp³-hybridized carbons (Fsp3) is 0.733. The highest BCUT2D eigenvalue weighted by molar-refractivity contribution is 5.51. The molecule has 3 aliphatic rings. The van der Waals surface area contributed by atoms with Gasteiger partial charge in [-0.15, -0.1) is 0 Å². The van der Waals surface area contributed by atoms with Crippen LogP contribution in [0, 0.1) is 10.8 Å². The van der Waals surface area contributed by atoms with Crippen molar-refractivity contribution in [3.05, 3.63) is 23.3 Å². The van der Waals surface area contributed by atoms with E-state index in [0.717, 1.165) is 18.4 Å². The molecular formula is C15H22O2. The molecule has 2 atom stereocenters. The van der Waals surface area contributed by atoms with Crippen molar-refractivity contribution < 1.29 is 10.2 Å². The Hall–Kier alpha value is -0.600. The van der Waals surface area contributed by atoms with Gasteiger partial charge in [-0.2, -0.15) is 0 Å². The van der Waals surface area contributed by atoms with Crippen LogP contribution in [0.1, 0.15) is 47.0 Å². The van der Waals surface area contributed by atoms with Gasteiger partial charge in [0.15, 0.2) is 0 Å². The van der Waals surface area contributed by atoms with Crippen LogP contribution < -0.4 is 0 Å². The largest absolute Gasteiger partial charge is 0.386 e. The molecule has 3 rings (SSSR count). The predicted octanol–water partition coefficient (Wildman–Crippen LogP) is 2.56. The lowest BCUT2D eigenvalue weighted by atomic mass is 9.62. The van der Waals surface area contributed by atoms with Crippen LogP contribution in [0.25, 0.3) is 0 Å². The Balaban J connectivity index is 2.20. The predicted molar refractivity (Wildman–Crippen MR) is 67.5 cm³/mol. The van der Waals surface area contributed by atoms with Crippen molar-refractivity contribution in [1.29, 1.82) is 0 Å². The molecule has 0 aromatic rings. The van der Waals surface area contributed by atoms with Crippen LogP contribution in [0.15, 0.2) is 23.3 Å². The lowest BCUT2D eigenvalue weighted by molar-refractivity contribution is -0.159. The molecular weight excluding hydrogens is 212 g/mol. The average Bonchev–Trinajstić information content (AvgIpc) is 2.89. The van der Waals surface area contributed by atoms with Gasteiger partial charge in [0.05, 0.1) is 0 Å². The van der Waals surface area contributed by atoms with E-state index in [0.29, 0.717) is 6.42 Å². The second kappa shape index (κ2) is 2.70. The summed E-state index contributed by atoms with van der Waals surface area (Å²) in [6.07, 6.45) is 6.85. The number of hydrogen-bond acceptors (Lipinski definition) is 2. The highest BCUT2D eigenvalue weighted by atomic mass is 16.4. The van der Waals surface area contributed by atoms with Gasteiger partial charge in [-0.05, 0) is 44.1 Å². The summed E-state index contributed by atoms with van der Waals surface area (Å²) in [6, 6.07) is 0. The summed E-state index contributed by atoms with van der Waals surface area (Å²) >= 11 is 0. The maximum Gasteiger partial charge on any atom is 0.119 e. The van der Waals surface area contributed by atoms with Gasteiger partial charge in [-0.3, -0.25) is 0 Å². The summed E-state index contributed by atoms with van der Waals surface area (Å²) in [4.78, 5) is 0. The second-order valence-electron chi connectivity index (χ2n) is 7.11. The molecule has 0 bridgehead atoms. The number of rotatable bonds is 0. The maximum atomic E-state index is 11.0. The highest BCUT2D eigenvalue weighted by Gasteiger charge is 2.70. The van der Waals surface area contributed by atoms with Crippen LogP contribution in [0.3, 0.4) is 0 Å². The lowest BCUT2D eigenvalue weighted by Crippen LogP contribution is -2.60. The van der Waals surface area contributed by atoms with Crippen LogP contribution in [0.5, 0.6) is 0 Å². The van der Waals surface area contributed by atoms with Gasteiger partial charge in [0, 0.05) is 5.41 Å². The number of aliphatic hydroxyl groups is 2. The highest BCUT2D eigenvalue weighted by Crippen LogP contribution is 2.68. The SMILES string of the molecule is CC1=CC2=CC(C)(C)CC2(O)C(C)(O)C12CC2. The number of hydrogen-bond donors (Lipinski definition) is 2. The molecule has 1 saturated carbocycles. The second-order valence-corrected chi connectivity index (χ2v) is 7.11. The molecule has 0 amide bonds. The van der Waals surface area contributed by atoms with Gasteiger partial charge in [-0.25, -0.2) is 0 Å². The minimum atomic E-state index is -1.06. The first-order valence-corrected chi connectivity index (χ1v) is 6.52. The van der Waals surface area contributed by atoms with E-state index < -0.39 is 11.2 Å². The third-order valence-corrected chi connectivity index (χ3v) is 5.35. The maximum absolute atomic E-state index is 11.0. The van der Waals surface area contributed by atoms with E-state index in [9.17, 15) is 10.2 Å². The smallest absolute Gasteiger partial charge is 0.119 e. The van der Waals surface area contributed by atoms with Gasteiger partial charge in [0.1, 0.15) is 11.2 Å². The standard InChI is InChI=1S/C15H22O2/c1-10-7-11-8-12(2,3)9-15(11,17)13(4,16)14(10)5-6-14/h7-8,16-17H,5-6,9H2,1-4H3. The van der Waals surface area contributed by atoms with E-state index in [-0.39, 0.29) is 10.8 Å². The number of fused-ring (bicyclic) bond motifs is 1. The Morgan fingerprint density at radius 3 is 2.24 bits per heavy atom. The van der Waals surface area contributed by atoms with Crippen molar-refractivity contribution in [3.63, 3.8) is 0 Å². The Kier molecular flexibility index (Phi) is 1.82. The molecule has 0 saturated heterocycles. The fourth-order valence-corrected chi connectivity index (χ4v) is 4.12. The molecule has 0 heterocycles. The van der Waals surface area contributed by atoms with Gasteiger partial charge >= 0.3 is 0 Å². The van der Waals surface area contributed by atoms with Crippen LogP contribution in [0.4, 0.5) is 0 Å². The molecule has 0 radical (unpaired) electrons. The third-order valence-electron chi connectivity index (χ3n) is 5.35. The van der Waals surface area contributed by atoms with E-state index in [1.807, 2.05) is 6.92 Å². The Labute approximate surface area is 103 Å². The molecule has 2 heteroatoms. The van der Waals surface area contributed by atoms with Crippen LogP contribution in [-0.4, -0.2) is 21.4 Å². The van der Waals surface area contributed by atoms with Gasteiger partial charge < -0.3 is 10.2 Å². The first kappa shape index (κ1) is 11.5. The molecule has 1 spiro atoms. The van der Waals surface area contributed by atoms with E-state index in [1.165, 1.54) is 5.57 Å². The molecule has 1 fully saturated rings. The van der Waals surface area contributed by atoms with Crippen molar-refractivity contribution in [2.45, 2.75) is 58.2 Å². The zero-order chi connectivity index (χ0) is 12.7. The minimum Gasteiger partial charge on any atom is -0.386 e. The molecule has 17 heavy (non-hydrogen) atoms. The normalized spacial score (nSPS) is 45.3. The summed E-state index contributed by atoms with van der Waals surface area (Å²) in [6.45, 7) is 8.16. The molecule has 2 unspecified atom stereocenters. The molecule has 2 nitrogen and oxygen atoms in total.